The van der Waals surface area contributed by atoms with E-state index in [0.29, 0.717) is 11.3 Å². The molecule has 8 nitrogen and oxygen atoms in total. The molecule has 0 aromatic heterocycles. The first-order valence-electron chi connectivity index (χ1n) is 9.05. The lowest BCUT2D eigenvalue weighted by Crippen LogP contribution is -2.42. The molecule has 1 atom stereocenters. The van der Waals surface area contributed by atoms with E-state index in [1.165, 1.54) is 38.3 Å². The molecule has 1 aliphatic heterocycles. The molecule has 2 N–H and O–H groups in total. The third kappa shape index (κ3) is 3.73. The Morgan fingerprint density at radius 3 is 2.57 bits per heavy atom. The number of esters is 1. The number of hydrogen-bond acceptors (Lipinski definition) is 5. The van der Waals surface area contributed by atoms with Gasteiger partial charge in [0.15, 0.2) is 0 Å². The summed E-state index contributed by atoms with van der Waals surface area (Å²) >= 11 is 0. The number of rotatable bonds is 5. The lowest BCUT2D eigenvalue weighted by atomic mass is 9.91. The first-order chi connectivity index (χ1) is 14.2. The zero-order valence-corrected chi connectivity index (χ0v) is 16.6. The lowest BCUT2D eigenvalue weighted by molar-refractivity contribution is -0.133. The van der Waals surface area contributed by atoms with Crippen molar-refractivity contribution >= 4 is 29.5 Å². The van der Waals surface area contributed by atoms with E-state index in [9.17, 15) is 23.6 Å². The van der Waals surface area contributed by atoms with Crippen molar-refractivity contribution < 1.29 is 28.3 Å². The standard InChI is InChI=1S/C21H20FN3O5/c1-12-8-9-13(18(27)30-3)10-16(12)23-17(26)11-25-19(28)21(2,24-20(25)29)14-6-4-5-7-15(14)22/h4-10H,11H2,1-3H3,(H,23,26)(H,24,29). The first kappa shape index (κ1) is 21.0. The Morgan fingerprint density at radius 2 is 1.90 bits per heavy atom. The minimum absolute atomic E-state index is 0.00730. The molecule has 1 unspecified atom stereocenters. The molecule has 1 aliphatic rings. The third-order valence-electron chi connectivity index (χ3n) is 4.92. The van der Waals surface area contributed by atoms with Gasteiger partial charge in [0, 0.05) is 11.3 Å². The van der Waals surface area contributed by atoms with Crippen molar-refractivity contribution in [2.75, 3.05) is 19.0 Å². The van der Waals surface area contributed by atoms with Crippen molar-refractivity contribution in [3.05, 3.63) is 65.0 Å². The van der Waals surface area contributed by atoms with Gasteiger partial charge in [0.25, 0.3) is 5.91 Å². The largest absolute Gasteiger partial charge is 0.465 e. The van der Waals surface area contributed by atoms with Crippen LogP contribution in [0.15, 0.2) is 42.5 Å². The van der Waals surface area contributed by atoms with E-state index in [1.54, 1.807) is 25.1 Å². The van der Waals surface area contributed by atoms with Crippen LogP contribution in [0.4, 0.5) is 14.9 Å². The third-order valence-corrected chi connectivity index (χ3v) is 4.92. The molecule has 4 amide bonds. The number of nitrogens with one attached hydrogen (secondary N) is 2. The fourth-order valence-electron chi connectivity index (χ4n) is 3.22. The van der Waals surface area contributed by atoms with Crippen LogP contribution in [0.25, 0.3) is 0 Å². The maximum atomic E-state index is 14.2. The van der Waals surface area contributed by atoms with Gasteiger partial charge in [-0.1, -0.05) is 24.3 Å². The molecule has 30 heavy (non-hydrogen) atoms. The summed E-state index contributed by atoms with van der Waals surface area (Å²) in [6.07, 6.45) is 0. The van der Waals surface area contributed by atoms with E-state index < -0.39 is 41.7 Å². The van der Waals surface area contributed by atoms with Gasteiger partial charge in [0.1, 0.15) is 17.9 Å². The number of ether oxygens (including phenoxy) is 1. The number of amides is 4. The van der Waals surface area contributed by atoms with Crippen LogP contribution >= 0.6 is 0 Å². The molecule has 2 aromatic carbocycles. The highest BCUT2D eigenvalue weighted by Gasteiger charge is 2.50. The smallest absolute Gasteiger partial charge is 0.337 e. The van der Waals surface area contributed by atoms with Crippen molar-refractivity contribution in [2.24, 2.45) is 0 Å². The predicted octanol–water partition coefficient (Wildman–Crippen LogP) is 2.33. The summed E-state index contributed by atoms with van der Waals surface area (Å²) in [4.78, 5) is 50.1. The van der Waals surface area contributed by atoms with Crippen LogP contribution < -0.4 is 10.6 Å². The van der Waals surface area contributed by atoms with E-state index in [-0.39, 0.29) is 11.1 Å². The summed E-state index contributed by atoms with van der Waals surface area (Å²) < 4.78 is 18.9. The second-order valence-electron chi connectivity index (χ2n) is 7.00. The van der Waals surface area contributed by atoms with Gasteiger partial charge < -0.3 is 15.4 Å². The number of hydrogen-bond donors (Lipinski definition) is 2. The molecule has 9 heteroatoms. The number of methoxy groups -OCH3 is 1. The molecule has 1 saturated heterocycles. The molecular formula is C21H20FN3O5. The highest BCUT2D eigenvalue weighted by Crippen LogP contribution is 2.30. The summed E-state index contributed by atoms with van der Waals surface area (Å²) in [5.41, 5.74) is -0.367. The number of carbonyl (C=O) groups excluding carboxylic acids is 4. The Labute approximate surface area is 172 Å². The Bertz CT molecular complexity index is 1050. The minimum atomic E-state index is -1.62. The van der Waals surface area contributed by atoms with Crippen LogP contribution in [0.2, 0.25) is 0 Å². The number of halogens is 1. The lowest BCUT2D eigenvalue weighted by Gasteiger charge is -2.22. The number of carbonyl (C=O) groups is 4. The maximum Gasteiger partial charge on any atom is 0.337 e. The van der Waals surface area contributed by atoms with Gasteiger partial charge in [0.2, 0.25) is 5.91 Å². The number of anilines is 1. The van der Waals surface area contributed by atoms with Crippen molar-refractivity contribution in [3.8, 4) is 0 Å². The number of aryl methyl sites for hydroxylation is 1. The van der Waals surface area contributed by atoms with Crippen LogP contribution in [-0.2, 0) is 19.9 Å². The minimum Gasteiger partial charge on any atom is -0.465 e. The fourth-order valence-corrected chi connectivity index (χ4v) is 3.22. The summed E-state index contributed by atoms with van der Waals surface area (Å²) in [7, 11) is 1.24. The second-order valence-corrected chi connectivity index (χ2v) is 7.00. The van der Waals surface area contributed by atoms with E-state index in [1.807, 2.05) is 0 Å². The van der Waals surface area contributed by atoms with E-state index >= 15 is 0 Å². The van der Waals surface area contributed by atoms with Gasteiger partial charge in [-0.2, -0.15) is 0 Å². The SMILES string of the molecule is COC(=O)c1ccc(C)c(NC(=O)CN2C(=O)NC(C)(c3ccccc3F)C2=O)c1. The van der Waals surface area contributed by atoms with Crippen molar-refractivity contribution in [2.45, 2.75) is 19.4 Å². The van der Waals surface area contributed by atoms with Crippen LogP contribution in [0, 0.1) is 12.7 Å². The summed E-state index contributed by atoms with van der Waals surface area (Å²) in [6, 6.07) is 9.43. The van der Waals surface area contributed by atoms with Crippen LogP contribution in [0.1, 0.15) is 28.4 Å². The van der Waals surface area contributed by atoms with Gasteiger partial charge in [0.05, 0.1) is 12.7 Å². The van der Waals surface area contributed by atoms with Crippen molar-refractivity contribution in [1.29, 1.82) is 0 Å². The van der Waals surface area contributed by atoms with Crippen LogP contribution in [0.3, 0.4) is 0 Å². The number of urea groups is 1. The van der Waals surface area contributed by atoms with Gasteiger partial charge in [-0.25, -0.2) is 14.0 Å². The fraction of sp³-hybridized carbons (Fsp3) is 0.238. The van der Waals surface area contributed by atoms with Gasteiger partial charge in [-0.3, -0.25) is 14.5 Å². The molecule has 2 aromatic rings. The molecule has 1 heterocycles. The Balaban J connectivity index is 1.78. The predicted molar refractivity (Wildman–Crippen MR) is 105 cm³/mol. The Hall–Kier alpha value is -3.75. The Kier molecular flexibility index (Phi) is 5.55. The molecular weight excluding hydrogens is 393 g/mol. The summed E-state index contributed by atoms with van der Waals surface area (Å²) in [5, 5.41) is 5.04. The first-order valence-corrected chi connectivity index (χ1v) is 9.05. The quantitative estimate of drug-likeness (QED) is 0.578. The van der Waals surface area contributed by atoms with Crippen molar-refractivity contribution in [1.82, 2.24) is 10.2 Å². The van der Waals surface area contributed by atoms with E-state index in [2.05, 4.69) is 15.4 Å². The van der Waals surface area contributed by atoms with Crippen LogP contribution in [-0.4, -0.2) is 42.4 Å². The number of benzene rings is 2. The molecule has 3 rings (SSSR count). The second kappa shape index (κ2) is 7.94. The topological polar surface area (TPSA) is 105 Å². The zero-order valence-electron chi connectivity index (χ0n) is 16.6. The Morgan fingerprint density at radius 1 is 1.20 bits per heavy atom. The van der Waals surface area contributed by atoms with Crippen molar-refractivity contribution in [3.63, 3.8) is 0 Å². The average molecular weight is 413 g/mol. The summed E-state index contributed by atoms with van der Waals surface area (Å²) in [6.45, 7) is 2.53. The monoisotopic (exact) mass is 413 g/mol. The molecule has 0 spiro atoms. The molecule has 0 saturated carbocycles. The highest BCUT2D eigenvalue weighted by atomic mass is 19.1. The van der Waals surface area contributed by atoms with Crippen LogP contribution in [0.5, 0.6) is 0 Å². The van der Waals surface area contributed by atoms with E-state index in [0.717, 1.165) is 4.90 Å². The normalized spacial score (nSPS) is 18.2. The van der Waals surface area contributed by atoms with Gasteiger partial charge in [-0.05, 0) is 37.6 Å². The zero-order chi connectivity index (χ0) is 22.1. The number of imide groups is 1. The van der Waals surface area contributed by atoms with Gasteiger partial charge in [-0.15, -0.1) is 0 Å². The average Bonchev–Trinajstić information content (AvgIpc) is 2.93. The van der Waals surface area contributed by atoms with Gasteiger partial charge >= 0.3 is 12.0 Å². The van der Waals surface area contributed by atoms with E-state index in [4.69, 9.17) is 0 Å². The molecule has 1 fully saturated rings. The number of nitrogens with zero attached hydrogens (tertiary/aromatic N) is 1. The highest BCUT2D eigenvalue weighted by molar-refractivity contribution is 6.10. The maximum absolute atomic E-state index is 14.2. The molecule has 0 aliphatic carbocycles. The summed E-state index contributed by atoms with van der Waals surface area (Å²) in [5.74, 6) is -2.61. The molecule has 0 radical (unpaired) electrons. The molecule has 156 valence electrons. The molecule has 0 bridgehead atoms.